The molecule has 1 aliphatic rings. The zero-order chi connectivity index (χ0) is 18.5. The van der Waals surface area contributed by atoms with Crippen LogP contribution in [-0.4, -0.2) is 52.4 Å². The molecule has 0 aromatic carbocycles. The Morgan fingerprint density at radius 1 is 1.38 bits per heavy atom. The Kier molecular flexibility index (Phi) is 5.62. The molecule has 2 amide bonds. The van der Waals surface area contributed by atoms with Crippen LogP contribution in [0.25, 0.3) is 0 Å². The average Bonchev–Trinajstić information content (AvgIpc) is 3.07. The summed E-state index contributed by atoms with van der Waals surface area (Å²) >= 11 is 0. The van der Waals surface area contributed by atoms with Crippen LogP contribution in [0.1, 0.15) is 34.6 Å². The van der Waals surface area contributed by atoms with Gasteiger partial charge < -0.3 is 20.0 Å². The summed E-state index contributed by atoms with van der Waals surface area (Å²) in [5.41, 5.74) is 1.51. The van der Waals surface area contributed by atoms with Crippen LogP contribution < -0.4 is 10.6 Å². The van der Waals surface area contributed by atoms with Gasteiger partial charge >= 0.3 is 0 Å². The molecule has 1 aliphatic heterocycles. The van der Waals surface area contributed by atoms with Crippen LogP contribution in [0.3, 0.4) is 0 Å². The lowest BCUT2D eigenvalue weighted by Crippen LogP contribution is -2.59. The third-order valence-corrected chi connectivity index (χ3v) is 4.36. The van der Waals surface area contributed by atoms with Crippen LogP contribution in [0.2, 0.25) is 0 Å². The highest BCUT2D eigenvalue weighted by atomic mass is 16.4. The minimum atomic E-state index is -0.590. The van der Waals surface area contributed by atoms with Gasteiger partial charge in [0.2, 0.25) is 11.7 Å². The van der Waals surface area contributed by atoms with Crippen LogP contribution >= 0.6 is 0 Å². The zero-order valence-electron chi connectivity index (χ0n) is 15.0. The lowest BCUT2D eigenvalue weighted by molar-refractivity contribution is -0.126. The summed E-state index contributed by atoms with van der Waals surface area (Å²) in [6.07, 6.45) is 3.97. The van der Waals surface area contributed by atoms with E-state index in [1.54, 1.807) is 24.2 Å². The number of rotatable bonds is 5. The van der Waals surface area contributed by atoms with Crippen LogP contribution in [0.4, 0.5) is 0 Å². The SMILES string of the molecule is CCc1nc(C)c(C(=O)N2CCNCC2C(=O)NCc2ccncc2)o1. The number of oxazole rings is 1. The molecule has 2 N–H and O–H groups in total. The quantitative estimate of drug-likeness (QED) is 0.816. The minimum Gasteiger partial charge on any atom is -0.435 e. The molecule has 0 radical (unpaired) electrons. The predicted octanol–water partition coefficient (Wildman–Crippen LogP) is 0.671. The normalized spacial score (nSPS) is 17.2. The fourth-order valence-corrected chi connectivity index (χ4v) is 2.92. The van der Waals surface area contributed by atoms with Crippen LogP contribution in [0.5, 0.6) is 0 Å². The first-order valence-corrected chi connectivity index (χ1v) is 8.74. The molecule has 2 aromatic heterocycles. The van der Waals surface area contributed by atoms with Gasteiger partial charge in [-0.15, -0.1) is 0 Å². The van der Waals surface area contributed by atoms with Gasteiger partial charge in [0, 0.05) is 45.0 Å². The van der Waals surface area contributed by atoms with E-state index in [1.165, 1.54) is 0 Å². The monoisotopic (exact) mass is 357 g/mol. The fourth-order valence-electron chi connectivity index (χ4n) is 2.92. The molecule has 1 fully saturated rings. The number of piperazine rings is 1. The Balaban J connectivity index is 1.71. The molecule has 1 atom stereocenters. The van der Waals surface area contributed by atoms with Crippen molar-refractivity contribution >= 4 is 11.8 Å². The number of carbonyl (C=O) groups excluding carboxylic acids is 2. The first kappa shape index (κ1) is 18.1. The number of hydrogen-bond acceptors (Lipinski definition) is 6. The molecule has 0 bridgehead atoms. The maximum atomic E-state index is 12.9. The van der Waals surface area contributed by atoms with Gasteiger partial charge in [-0.05, 0) is 24.6 Å². The lowest BCUT2D eigenvalue weighted by atomic mass is 10.1. The Morgan fingerprint density at radius 3 is 2.85 bits per heavy atom. The second kappa shape index (κ2) is 8.09. The molecule has 26 heavy (non-hydrogen) atoms. The Morgan fingerprint density at radius 2 is 2.15 bits per heavy atom. The highest BCUT2D eigenvalue weighted by Gasteiger charge is 2.34. The van der Waals surface area contributed by atoms with E-state index < -0.39 is 6.04 Å². The fraction of sp³-hybridized carbons (Fsp3) is 0.444. The number of amides is 2. The maximum Gasteiger partial charge on any atom is 0.292 e. The van der Waals surface area contributed by atoms with E-state index in [4.69, 9.17) is 4.42 Å². The molecule has 138 valence electrons. The second-order valence-electron chi connectivity index (χ2n) is 6.17. The van der Waals surface area contributed by atoms with Gasteiger partial charge in [-0.3, -0.25) is 14.6 Å². The molecule has 1 saturated heterocycles. The molecule has 0 spiro atoms. The van der Waals surface area contributed by atoms with Crippen molar-refractivity contribution in [2.24, 2.45) is 0 Å². The average molecular weight is 357 g/mol. The minimum absolute atomic E-state index is 0.199. The van der Waals surface area contributed by atoms with E-state index in [0.29, 0.717) is 44.2 Å². The van der Waals surface area contributed by atoms with E-state index in [-0.39, 0.29) is 17.6 Å². The van der Waals surface area contributed by atoms with E-state index in [9.17, 15) is 9.59 Å². The van der Waals surface area contributed by atoms with Crippen molar-refractivity contribution in [1.29, 1.82) is 0 Å². The summed E-state index contributed by atoms with van der Waals surface area (Å²) in [6.45, 7) is 5.53. The molecule has 1 unspecified atom stereocenters. The number of hydrogen-bond donors (Lipinski definition) is 2. The van der Waals surface area contributed by atoms with E-state index >= 15 is 0 Å². The second-order valence-corrected chi connectivity index (χ2v) is 6.17. The van der Waals surface area contributed by atoms with Crippen molar-refractivity contribution in [3.8, 4) is 0 Å². The van der Waals surface area contributed by atoms with Gasteiger partial charge in [0.25, 0.3) is 5.91 Å². The Bertz CT molecular complexity index is 774. The Hall–Kier alpha value is -2.74. The molecule has 0 saturated carbocycles. The summed E-state index contributed by atoms with van der Waals surface area (Å²) < 4.78 is 5.57. The standard InChI is InChI=1S/C18H23N5O3/c1-3-15-22-12(2)16(26-15)18(25)23-9-8-20-11-14(23)17(24)21-10-13-4-6-19-7-5-13/h4-7,14,20H,3,8-11H2,1-2H3,(H,21,24). The summed E-state index contributed by atoms with van der Waals surface area (Å²) in [5, 5.41) is 6.06. The number of pyridine rings is 1. The smallest absolute Gasteiger partial charge is 0.292 e. The summed E-state index contributed by atoms with van der Waals surface area (Å²) in [6, 6.07) is 3.09. The molecule has 2 aromatic rings. The summed E-state index contributed by atoms with van der Waals surface area (Å²) in [5.74, 6) is 0.255. The highest BCUT2D eigenvalue weighted by Crippen LogP contribution is 2.16. The lowest BCUT2D eigenvalue weighted by Gasteiger charge is -2.34. The number of aryl methyl sites for hydroxylation is 2. The number of aromatic nitrogens is 2. The predicted molar refractivity (Wildman–Crippen MR) is 94.4 cm³/mol. The Labute approximate surface area is 152 Å². The van der Waals surface area contributed by atoms with Crippen LogP contribution in [0.15, 0.2) is 28.9 Å². The number of nitrogens with one attached hydrogen (secondary N) is 2. The summed E-state index contributed by atoms with van der Waals surface area (Å²) in [4.78, 5) is 35.3. The number of nitrogens with zero attached hydrogens (tertiary/aromatic N) is 3. The highest BCUT2D eigenvalue weighted by molar-refractivity contribution is 5.96. The largest absolute Gasteiger partial charge is 0.435 e. The topological polar surface area (TPSA) is 100 Å². The van der Waals surface area contributed by atoms with Gasteiger partial charge in [-0.1, -0.05) is 6.92 Å². The molecule has 3 heterocycles. The molecule has 8 nitrogen and oxygen atoms in total. The van der Waals surface area contributed by atoms with Gasteiger partial charge in [-0.2, -0.15) is 0 Å². The van der Waals surface area contributed by atoms with Gasteiger partial charge in [-0.25, -0.2) is 4.98 Å². The first-order chi connectivity index (χ1) is 12.6. The molecule has 0 aliphatic carbocycles. The zero-order valence-corrected chi connectivity index (χ0v) is 15.0. The third kappa shape index (κ3) is 3.91. The maximum absolute atomic E-state index is 12.9. The van der Waals surface area contributed by atoms with Gasteiger partial charge in [0.15, 0.2) is 5.89 Å². The summed E-state index contributed by atoms with van der Waals surface area (Å²) in [7, 11) is 0. The molecular formula is C18H23N5O3. The molecular weight excluding hydrogens is 334 g/mol. The van der Waals surface area contributed by atoms with Crippen molar-refractivity contribution in [3.05, 3.63) is 47.4 Å². The van der Waals surface area contributed by atoms with Gasteiger partial charge in [0.05, 0.1) is 5.69 Å². The van der Waals surface area contributed by atoms with E-state index in [0.717, 1.165) is 5.56 Å². The van der Waals surface area contributed by atoms with E-state index in [2.05, 4.69) is 20.6 Å². The molecule has 8 heteroatoms. The van der Waals surface area contributed by atoms with E-state index in [1.807, 2.05) is 19.1 Å². The first-order valence-electron chi connectivity index (χ1n) is 8.74. The van der Waals surface area contributed by atoms with Crippen molar-refractivity contribution in [3.63, 3.8) is 0 Å². The van der Waals surface area contributed by atoms with Crippen molar-refractivity contribution < 1.29 is 14.0 Å². The molecule has 3 rings (SSSR count). The van der Waals surface area contributed by atoms with Crippen molar-refractivity contribution in [2.45, 2.75) is 32.9 Å². The van der Waals surface area contributed by atoms with Crippen LogP contribution in [-0.2, 0) is 17.8 Å². The van der Waals surface area contributed by atoms with Gasteiger partial charge in [0.1, 0.15) is 6.04 Å². The van der Waals surface area contributed by atoms with Crippen LogP contribution in [0, 0.1) is 6.92 Å². The van der Waals surface area contributed by atoms with Crippen molar-refractivity contribution in [2.75, 3.05) is 19.6 Å². The van der Waals surface area contributed by atoms with Crippen molar-refractivity contribution in [1.82, 2.24) is 25.5 Å². The third-order valence-electron chi connectivity index (χ3n) is 4.36. The number of carbonyl (C=O) groups is 2.